The summed E-state index contributed by atoms with van der Waals surface area (Å²) in [5.41, 5.74) is 9.18. The van der Waals surface area contributed by atoms with Gasteiger partial charge in [0.05, 0.1) is 18.4 Å². The molecule has 3 N–H and O–H groups in total. The van der Waals surface area contributed by atoms with Gasteiger partial charge in [-0.3, -0.25) is 4.79 Å². The number of thiazole rings is 1. The van der Waals surface area contributed by atoms with Crippen LogP contribution in [0.5, 0.6) is 5.75 Å². The number of nitrogens with one attached hydrogen (secondary N) is 1. The monoisotopic (exact) mass is 512 g/mol. The number of hydrogen-bond donors (Lipinski definition) is 2. The molecule has 0 aliphatic heterocycles. The van der Waals surface area contributed by atoms with E-state index in [1.54, 1.807) is 7.11 Å². The molecule has 178 valence electrons. The minimum Gasteiger partial charge on any atom is -0.496 e. The zero-order valence-electron chi connectivity index (χ0n) is 19.2. The van der Waals surface area contributed by atoms with Gasteiger partial charge in [0, 0.05) is 28.7 Å². The van der Waals surface area contributed by atoms with Crippen molar-refractivity contribution in [1.29, 1.82) is 10.5 Å². The number of pyridine rings is 1. The highest BCUT2D eigenvalue weighted by atomic mass is 32.2. The number of para-hydroxylation sites is 1. The summed E-state index contributed by atoms with van der Waals surface area (Å²) in [5.74, 6) is 0.896. The Hall–Kier alpha value is -4.38. The van der Waals surface area contributed by atoms with Crippen LogP contribution in [0, 0.1) is 22.7 Å². The number of aromatic nitrogens is 2. The van der Waals surface area contributed by atoms with Crippen LogP contribution in [-0.4, -0.2) is 28.7 Å². The summed E-state index contributed by atoms with van der Waals surface area (Å²) in [5, 5.41) is 25.0. The fraction of sp³-hybridized carbons (Fsp3) is 0.115. The highest BCUT2D eigenvalue weighted by Crippen LogP contribution is 2.36. The van der Waals surface area contributed by atoms with E-state index in [-0.39, 0.29) is 29.3 Å². The number of carbonyl (C=O) groups is 1. The first-order chi connectivity index (χ1) is 17.5. The van der Waals surface area contributed by atoms with Crippen molar-refractivity contribution in [2.75, 3.05) is 23.9 Å². The maximum atomic E-state index is 12.5. The Balaban J connectivity index is 1.45. The predicted octanol–water partition coefficient (Wildman–Crippen LogP) is 5.33. The van der Waals surface area contributed by atoms with Crippen molar-refractivity contribution >= 4 is 40.0 Å². The second-order valence-corrected chi connectivity index (χ2v) is 9.34. The minimum atomic E-state index is -0.216. The third-order valence-corrected chi connectivity index (χ3v) is 6.91. The van der Waals surface area contributed by atoms with Gasteiger partial charge in [0.15, 0.2) is 5.13 Å². The number of nitrogen functional groups attached to an aromatic ring is 1. The average molecular weight is 513 g/mol. The third kappa shape index (κ3) is 5.31. The molecule has 36 heavy (non-hydrogen) atoms. The smallest absolute Gasteiger partial charge is 0.226 e. The van der Waals surface area contributed by atoms with Crippen LogP contribution >= 0.6 is 23.1 Å². The molecule has 0 bridgehead atoms. The van der Waals surface area contributed by atoms with Crippen molar-refractivity contribution in [1.82, 2.24) is 9.97 Å². The third-order valence-electron chi connectivity index (χ3n) is 5.18. The summed E-state index contributed by atoms with van der Waals surface area (Å²) in [6, 6.07) is 20.9. The first-order valence-corrected chi connectivity index (χ1v) is 12.6. The van der Waals surface area contributed by atoms with E-state index >= 15 is 0 Å². The highest BCUT2D eigenvalue weighted by molar-refractivity contribution is 7.99. The zero-order valence-corrected chi connectivity index (χ0v) is 20.8. The van der Waals surface area contributed by atoms with Gasteiger partial charge in [-0.15, -0.1) is 23.1 Å². The number of nitriles is 2. The Kier molecular flexibility index (Phi) is 7.81. The van der Waals surface area contributed by atoms with Crippen LogP contribution in [0.1, 0.15) is 17.5 Å². The Morgan fingerprint density at radius 2 is 1.81 bits per heavy atom. The van der Waals surface area contributed by atoms with E-state index in [2.05, 4.69) is 27.4 Å². The number of thioether (sulfide) groups is 1. The van der Waals surface area contributed by atoms with E-state index in [9.17, 15) is 15.3 Å². The van der Waals surface area contributed by atoms with Gasteiger partial charge in [-0.05, 0) is 17.7 Å². The number of rotatable bonds is 8. The summed E-state index contributed by atoms with van der Waals surface area (Å²) in [7, 11) is 1.60. The molecule has 10 heteroatoms. The molecule has 0 radical (unpaired) electrons. The van der Waals surface area contributed by atoms with Crippen LogP contribution in [0.3, 0.4) is 0 Å². The summed E-state index contributed by atoms with van der Waals surface area (Å²) in [6.45, 7) is 0. The summed E-state index contributed by atoms with van der Waals surface area (Å²) >= 11 is 2.57. The van der Waals surface area contributed by atoms with Gasteiger partial charge in [-0.1, -0.05) is 42.5 Å². The lowest BCUT2D eigenvalue weighted by Gasteiger charge is -2.12. The van der Waals surface area contributed by atoms with Crippen LogP contribution in [0.4, 0.5) is 10.9 Å². The average Bonchev–Trinajstić information content (AvgIpc) is 3.36. The maximum absolute atomic E-state index is 12.5. The Morgan fingerprint density at radius 3 is 2.53 bits per heavy atom. The number of benzene rings is 2. The van der Waals surface area contributed by atoms with Crippen molar-refractivity contribution in [2.24, 2.45) is 0 Å². The van der Waals surface area contributed by atoms with E-state index in [1.165, 1.54) is 23.1 Å². The lowest BCUT2D eigenvalue weighted by atomic mass is 9.97. The Labute approximate surface area is 216 Å². The summed E-state index contributed by atoms with van der Waals surface area (Å²) in [6.07, 6.45) is 0.168. The SMILES string of the molecule is COc1ccccc1-c1csc(NC(=O)CCSc2nc(N)c(C#N)c(-c3ccccc3)c2C#N)n1. The largest absolute Gasteiger partial charge is 0.496 e. The highest BCUT2D eigenvalue weighted by Gasteiger charge is 2.20. The van der Waals surface area contributed by atoms with Gasteiger partial charge in [-0.25, -0.2) is 9.97 Å². The first kappa shape index (κ1) is 24.7. The molecule has 0 spiro atoms. The molecule has 0 aliphatic rings. The van der Waals surface area contributed by atoms with Crippen LogP contribution in [0.2, 0.25) is 0 Å². The molecule has 0 saturated heterocycles. The Bertz CT molecular complexity index is 1490. The van der Waals surface area contributed by atoms with E-state index in [0.29, 0.717) is 38.5 Å². The number of ether oxygens (including phenoxy) is 1. The van der Waals surface area contributed by atoms with Crippen LogP contribution in [0.25, 0.3) is 22.4 Å². The molecule has 0 unspecified atom stereocenters. The molecule has 2 aromatic carbocycles. The molecule has 2 heterocycles. The minimum absolute atomic E-state index is 0.0500. The molecule has 0 fully saturated rings. The van der Waals surface area contributed by atoms with Gasteiger partial charge in [0.1, 0.15) is 34.3 Å². The second kappa shape index (κ2) is 11.4. The molecule has 8 nitrogen and oxygen atoms in total. The van der Waals surface area contributed by atoms with Gasteiger partial charge in [0.25, 0.3) is 0 Å². The van der Waals surface area contributed by atoms with Crippen molar-refractivity contribution < 1.29 is 9.53 Å². The first-order valence-electron chi connectivity index (χ1n) is 10.8. The Morgan fingerprint density at radius 1 is 1.08 bits per heavy atom. The van der Waals surface area contributed by atoms with E-state index < -0.39 is 0 Å². The molecular weight excluding hydrogens is 492 g/mol. The molecule has 4 rings (SSSR count). The second-order valence-electron chi connectivity index (χ2n) is 7.40. The number of nitrogens with two attached hydrogens (primary N) is 1. The summed E-state index contributed by atoms with van der Waals surface area (Å²) in [4.78, 5) is 21.3. The molecule has 4 aromatic rings. The number of anilines is 2. The van der Waals surface area contributed by atoms with Crippen LogP contribution in [0.15, 0.2) is 65.0 Å². The zero-order chi connectivity index (χ0) is 25.5. The summed E-state index contributed by atoms with van der Waals surface area (Å²) < 4.78 is 5.38. The van der Waals surface area contributed by atoms with Crippen molar-refractivity contribution in [3.63, 3.8) is 0 Å². The number of carbonyl (C=O) groups excluding carboxylic acids is 1. The quantitative estimate of drug-likeness (QED) is 0.302. The number of hydrogen-bond acceptors (Lipinski definition) is 9. The molecule has 2 aromatic heterocycles. The lowest BCUT2D eigenvalue weighted by molar-refractivity contribution is -0.115. The number of methoxy groups -OCH3 is 1. The number of nitrogens with zero attached hydrogens (tertiary/aromatic N) is 4. The van der Waals surface area contributed by atoms with Crippen molar-refractivity contribution in [3.05, 3.63) is 71.1 Å². The van der Waals surface area contributed by atoms with Gasteiger partial charge in [-0.2, -0.15) is 10.5 Å². The fourth-order valence-electron chi connectivity index (χ4n) is 3.53. The number of amides is 1. The fourth-order valence-corrected chi connectivity index (χ4v) is 5.19. The van der Waals surface area contributed by atoms with Crippen molar-refractivity contribution in [2.45, 2.75) is 11.4 Å². The normalized spacial score (nSPS) is 10.3. The molecule has 0 aliphatic carbocycles. The molecular formula is C26H20N6O2S2. The topological polar surface area (TPSA) is 138 Å². The van der Waals surface area contributed by atoms with Gasteiger partial charge >= 0.3 is 0 Å². The van der Waals surface area contributed by atoms with Crippen LogP contribution < -0.4 is 15.8 Å². The van der Waals surface area contributed by atoms with E-state index in [4.69, 9.17) is 10.5 Å². The van der Waals surface area contributed by atoms with E-state index in [1.807, 2.05) is 60.0 Å². The van der Waals surface area contributed by atoms with Crippen LogP contribution in [-0.2, 0) is 4.79 Å². The molecule has 0 atom stereocenters. The maximum Gasteiger partial charge on any atom is 0.226 e. The van der Waals surface area contributed by atoms with Gasteiger partial charge in [0.2, 0.25) is 5.91 Å². The lowest BCUT2D eigenvalue weighted by Crippen LogP contribution is -2.12. The predicted molar refractivity (Wildman–Crippen MR) is 142 cm³/mol. The molecule has 1 amide bonds. The van der Waals surface area contributed by atoms with Crippen molar-refractivity contribution in [3.8, 4) is 40.3 Å². The standard InChI is InChI=1S/C26H20N6O2S2/c1-34-21-10-6-5-9-17(21)20-15-36-26(30-20)31-22(33)11-12-35-25-19(14-28)23(16-7-3-2-4-8-16)18(13-27)24(29)32-25/h2-10,15H,11-12H2,1H3,(H2,29,32)(H,30,31,33). The molecule has 0 saturated carbocycles. The van der Waals surface area contributed by atoms with E-state index in [0.717, 1.165) is 5.56 Å². The van der Waals surface area contributed by atoms with Gasteiger partial charge < -0.3 is 15.8 Å².